The third kappa shape index (κ3) is 16.9. The lowest BCUT2D eigenvalue weighted by molar-refractivity contribution is 0.235. The van der Waals surface area contributed by atoms with Crippen molar-refractivity contribution in [1.29, 1.82) is 0 Å². The zero-order valence-corrected chi connectivity index (χ0v) is 6.05. The minimum Gasteiger partial charge on any atom is -0.303 e. The van der Waals surface area contributed by atoms with Gasteiger partial charge in [0.05, 0.1) is 0 Å². The summed E-state index contributed by atoms with van der Waals surface area (Å²) in [7, 11) is -3.20. The maximum absolute atomic E-state index is 9.47. The van der Waals surface area contributed by atoms with Crippen molar-refractivity contribution in [3.63, 3.8) is 0 Å². The van der Waals surface area contributed by atoms with Crippen molar-refractivity contribution in [3.8, 4) is 0 Å². The van der Waals surface area contributed by atoms with Gasteiger partial charge >= 0.3 is 7.82 Å². The Morgan fingerprint density at radius 3 is 1.50 bits per heavy atom. The maximum atomic E-state index is 9.47. The summed E-state index contributed by atoms with van der Waals surface area (Å²) in [6.07, 6.45) is 0. The van der Waals surface area contributed by atoms with Crippen LogP contribution in [0.4, 0.5) is 0 Å². The number of hydrogen-bond acceptors (Lipinski definition) is 2. The Labute approximate surface area is 49.7 Å². The first kappa shape index (κ1) is 15.7. The van der Waals surface area contributed by atoms with Gasteiger partial charge in [0.25, 0.3) is 0 Å². The van der Waals surface area contributed by atoms with Gasteiger partial charge in [-0.1, -0.05) is 0 Å². The monoisotopic (exact) mass is 142 g/mol. The van der Waals surface area contributed by atoms with E-state index >= 15 is 0 Å². The lowest BCUT2D eigenvalue weighted by Gasteiger charge is -1.93. The van der Waals surface area contributed by atoms with Gasteiger partial charge in [-0.25, -0.2) is 4.57 Å². The molecule has 0 aromatic heterocycles. The Morgan fingerprint density at radius 1 is 1.38 bits per heavy atom. The molecule has 8 heavy (non-hydrogen) atoms. The van der Waals surface area contributed by atoms with E-state index in [-0.39, 0.29) is 14.9 Å². The molecule has 2 N–H and O–H groups in total. The van der Waals surface area contributed by atoms with Crippen molar-refractivity contribution in [2.45, 2.75) is 0 Å². The second kappa shape index (κ2) is 5.00. The smallest absolute Gasteiger partial charge is 0.303 e. The summed E-state index contributed by atoms with van der Waals surface area (Å²) in [5.41, 5.74) is 0. The zero-order chi connectivity index (χ0) is 5.21. The lowest BCUT2D eigenvalue weighted by atomic mass is 11.8. The molecule has 5 heteroatoms. The highest BCUT2D eigenvalue weighted by atomic mass is 31.2. The molecule has 0 aliphatic carbocycles. The van der Waals surface area contributed by atoms with Crippen LogP contribution in [0, 0.1) is 14.9 Å². The molecule has 4 nitrogen and oxygen atoms in total. The van der Waals surface area contributed by atoms with Gasteiger partial charge in [-0.05, 0) is 0 Å². The van der Waals surface area contributed by atoms with Gasteiger partial charge in [-0.15, -0.1) is 0 Å². The van der Waals surface area contributed by atoms with Crippen molar-refractivity contribution in [2.24, 2.45) is 0 Å². The molecule has 0 rings (SSSR count). The van der Waals surface area contributed by atoms with Crippen LogP contribution in [0.3, 0.4) is 0 Å². The van der Waals surface area contributed by atoms with E-state index in [9.17, 15) is 4.57 Å². The predicted octanol–water partition coefficient (Wildman–Crippen LogP) is 0.626. The molecule has 0 amide bonds. The molecular weight excluding hydrogens is 131 g/mol. The average molecular weight is 142 g/mol. The van der Waals surface area contributed by atoms with E-state index in [4.69, 9.17) is 9.79 Å². The van der Waals surface area contributed by atoms with E-state index in [2.05, 4.69) is 4.52 Å². The molecule has 0 saturated carbocycles. The lowest BCUT2D eigenvalue weighted by Crippen LogP contribution is -1.76. The summed E-state index contributed by atoms with van der Waals surface area (Å²) < 4.78 is 13.1. The number of phosphoric acid groups is 1. The first-order valence-corrected chi connectivity index (χ1v) is 2.70. The van der Waals surface area contributed by atoms with Crippen LogP contribution in [0.5, 0.6) is 0 Å². The SMILES string of the molecule is COP(=O)(O)O.[CH3+].[CH3+]. The topological polar surface area (TPSA) is 66.8 Å². The Bertz CT molecular complexity index is 75.4. The second-order valence-electron chi connectivity index (χ2n) is 0.673. The minimum absolute atomic E-state index is 0. The zero-order valence-electron chi connectivity index (χ0n) is 5.16. The summed E-state index contributed by atoms with van der Waals surface area (Å²) >= 11 is 0. The second-order valence-corrected chi connectivity index (χ2v) is 2.02. The first-order chi connectivity index (χ1) is 2.56. The summed E-state index contributed by atoms with van der Waals surface area (Å²) in [5.74, 6) is 0. The van der Waals surface area contributed by atoms with Crippen molar-refractivity contribution in [1.82, 2.24) is 0 Å². The van der Waals surface area contributed by atoms with E-state index in [1.807, 2.05) is 0 Å². The average Bonchev–Trinajstić information content (AvgIpc) is 1.35. The molecule has 0 spiro atoms. The molecule has 0 radical (unpaired) electrons. The van der Waals surface area contributed by atoms with Crippen LogP contribution >= 0.6 is 7.82 Å². The van der Waals surface area contributed by atoms with E-state index in [0.717, 1.165) is 7.11 Å². The highest BCUT2D eigenvalue weighted by molar-refractivity contribution is 7.46. The molecule has 0 bridgehead atoms. The fraction of sp³-hybridized carbons (Fsp3) is 0.333. The highest BCUT2D eigenvalue weighted by Gasteiger charge is 2.07. The largest absolute Gasteiger partial charge is 0.469 e. The Morgan fingerprint density at radius 2 is 1.50 bits per heavy atom. The molecule has 0 atom stereocenters. The molecule has 0 fully saturated rings. The van der Waals surface area contributed by atoms with Crippen LogP contribution in [-0.2, 0) is 9.09 Å². The summed E-state index contributed by atoms with van der Waals surface area (Å²) in [6.45, 7) is 0. The van der Waals surface area contributed by atoms with Gasteiger partial charge in [0.15, 0.2) is 0 Å². The van der Waals surface area contributed by atoms with Crippen molar-refractivity contribution in [2.75, 3.05) is 7.11 Å². The van der Waals surface area contributed by atoms with Crippen LogP contribution in [0.25, 0.3) is 0 Å². The van der Waals surface area contributed by atoms with Crippen LogP contribution in [0.1, 0.15) is 0 Å². The quantitative estimate of drug-likeness (QED) is 0.416. The van der Waals surface area contributed by atoms with Crippen LogP contribution < -0.4 is 0 Å². The summed E-state index contributed by atoms with van der Waals surface area (Å²) in [5, 5.41) is 0. The number of phosphoric ester groups is 1. The van der Waals surface area contributed by atoms with Crippen LogP contribution in [0.2, 0.25) is 0 Å². The van der Waals surface area contributed by atoms with Gasteiger partial charge < -0.3 is 9.79 Å². The standard InChI is InChI=1S/CH5O4P.2CH3/c1-5-6(2,3)4;;/h1H3,(H2,2,3,4);2*1H3/q;2*+1. The van der Waals surface area contributed by atoms with Gasteiger partial charge in [0.1, 0.15) is 0 Å². The first-order valence-electron chi connectivity index (χ1n) is 1.17. The molecule has 50 valence electrons. The third-order valence-corrected chi connectivity index (χ3v) is 0.714. The molecule has 0 unspecified atom stereocenters. The van der Waals surface area contributed by atoms with Crippen LogP contribution in [-0.4, -0.2) is 16.9 Å². The molecule has 0 aromatic rings. The van der Waals surface area contributed by atoms with E-state index in [1.165, 1.54) is 0 Å². The van der Waals surface area contributed by atoms with Gasteiger partial charge in [0, 0.05) is 22.0 Å². The molecule has 0 aliphatic rings. The third-order valence-electron chi connectivity index (χ3n) is 0.238. The number of rotatable bonds is 1. The fourth-order valence-electron chi connectivity index (χ4n) is 0. The van der Waals surface area contributed by atoms with E-state index < -0.39 is 7.82 Å². The Balaban J connectivity index is -0.000000125. The molecule has 0 aromatic carbocycles. The van der Waals surface area contributed by atoms with Gasteiger partial charge in [-0.3, -0.25) is 4.52 Å². The molecule has 0 saturated heterocycles. The molecule has 0 aliphatic heterocycles. The highest BCUT2D eigenvalue weighted by Crippen LogP contribution is 2.33. The predicted molar refractivity (Wildman–Crippen MR) is 31.9 cm³/mol. The Kier molecular flexibility index (Phi) is 9.78. The summed E-state index contributed by atoms with van der Waals surface area (Å²) in [4.78, 5) is 15.4. The minimum atomic E-state index is -4.15. The van der Waals surface area contributed by atoms with E-state index in [1.54, 1.807) is 0 Å². The molecular formula is C3H11O4P+2. The fourth-order valence-corrected chi connectivity index (χ4v) is 0. The van der Waals surface area contributed by atoms with Crippen molar-refractivity contribution in [3.05, 3.63) is 14.9 Å². The maximum Gasteiger partial charge on any atom is 0.469 e. The van der Waals surface area contributed by atoms with E-state index in [0.29, 0.717) is 0 Å². The number of hydrogen-bond donors (Lipinski definition) is 2. The van der Waals surface area contributed by atoms with Crippen LogP contribution in [0.15, 0.2) is 0 Å². The van der Waals surface area contributed by atoms with Gasteiger partial charge in [-0.2, -0.15) is 0 Å². The Hall–Kier alpha value is -0.150. The molecule has 0 heterocycles. The van der Waals surface area contributed by atoms with Crippen molar-refractivity contribution < 1.29 is 18.9 Å². The van der Waals surface area contributed by atoms with Gasteiger partial charge in [0.2, 0.25) is 0 Å². The summed E-state index contributed by atoms with van der Waals surface area (Å²) in [6, 6.07) is 0. The normalized spacial score (nSPS) is 8.88. The van der Waals surface area contributed by atoms with Crippen molar-refractivity contribution >= 4 is 7.82 Å².